The molecular formula is C19H19NO3S2. The minimum Gasteiger partial charge on any atom is -0.492 e. The van der Waals surface area contributed by atoms with Crippen LogP contribution in [0, 0.1) is 0 Å². The minimum atomic E-state index is -0.343. The fourth-order valence-electron chi connectivity index (χ4n) is 2.58. The third kappa shape index (κ3) is 4.58. The summed E-state index contributed by atoms with van der Waals surface area (Å²) in [6.07, 6.45) is 2.60. The quantitative estimate of drug-likeness (QED) is 0.684. The maximum Gasteiger partial charge on any atom is 0.289 e. The Bertz CT molecular complexity index is 734. The molecule has 0 spiro atoms. The molecule has 2 aromatic rings. The molecule has 2 aromatic carbocycles. The SMILES string of the molecule is CSc1ccc(C[C@H]2SC(=O)N(CCOc3ccccc3)C2=O)cc1. The lowest BCUT2D eigenvalue weighted by molar-refractivity contribution is -0.126. The highest BCUT2D eigenvalue weighted by molar-refractivity contribution is 8.15. The number of carbonyl (C=O) groups is 2. The van der Waals surface area contributed by atoms with Crippen LogP contribution in [0.4, 0.5) is 4.79 Å². The number of thioether (sulfide) groups is 2. The third-order valence-electron chi connectivity index (χ3n) is 3.91. The summed E-state index contributed by atoms with van der Waals surface area (Å²) in [6.45, 7) is 0.582. The first-order valence-corrected chi connectivity index (χ1v) is 10.1. The van der Waals surface area contributed by atoms with Gasteiger partial charge in [-0.15, -0.1) is 11.8 Å². The molecule has 0 bridgehead atoms. The van der Waals surface area contributed by atoms with Crippen molar-refractivity contribution in [3.8, 4) is 5.75 Å². The van der Waals surface area contributed by atoms with Crippen molar-refractivity contribution in [2.45, 2.75) is 16.6 Å². The molecule has 1 atom stereocenters. The Kier molecular flexibility index (Phi) is 6.04. The number of hydrogen-bond donors (Lipinski definition) is 0. The largest absolute Gasteiger partial charge is 0.492 e. The zero-order valence-corrected chi connectivity index (χ0v) is 15.5. The van der Waals surface area contributed by atoms with Gasteiger partial charge in [0.1, 0.15) is 12.4 Å². The highest BCUT2D eigenvalue weighted by Crippen LogP contribution is 2.30. The molecule has 0 aromatic heterocycles. The van der Waals surface area contributed by atoms with E-state index in [-0.39, 0.29) is 22.9 Å². The van der Waals surface area contributed by atoms with Gasteiger partial charge >= 0.3 is 0 Å². The van der Waals surface area contributed by atoms with Crippen molar-refractivity contribution in [1.29, 1.82) is 0 Å². The standard InChI is InChI=1S/C19H19NO3S2/c1-24-16-9-7-14(8-10-16)13-17-18(21)20(19(22)25-17)11-12-23-15-5-3-2-4-6-15/h2-10,17H,11-13H2,1H3/t17-/m1/s1. The second-order valence-corrected chi connectivity index (χ2v) is 7.61. The van der Waals surface area contributed by atoms with E-state index in [1.54, 1.807) is 11.8 Å². The van der Waals surface area contributed by atoms with Crippen LogP contribution in [0.5, 0.6) is 5.75 Å². The minimum absolute atomic E-state index is 0.124. The first-order valence-electron chi connectivity index (χ1n) is 8.00. The highest BCUT2D eigenvalue weighted by Gasteiger charge is 2.39. The van der Waals surface area contributed by atoms with E-state index >= 15 is 0 Å². The van der Waals surface area contributed by atoms with Gasteiger partial charge in [-0.1, -0.05) is 42.1 Å². The summed E-state index contributed by atoms with van der Waals surface area (Å²) in [7, 11) is 0. The number of hydrogen-bond acceptors (Lipinski definition) is 5. The lowest BCUT2D eigenvalue weighted by Gasteiger charge is -2.14. The molecule has 0 unspecified atom stereocenters. The molecule has 25 heavy (non-hydrogen) atoms. The van der Waals surface area contributed by atoms with E-state index in [9.17, 15) is 9.59 Å². The molecule has 1 aliphatic rings. The van der Waals surface area contributed by atoms with Crippen LogP contribution in [0.1, 0.15) is 5.56 Å². The number of amides is 2. The monoisotopic (exact) mass is 373 g/mol. The van der Waals surface area contributed by atoms with Crippen LogP contribution in [0.2, 0.25) is 0 Å². The molecule has 2 amide bonds. The van der Waals surface area contributed by atoms with Gasteiger partial charge in [-0.2, -0.15) is 0 Å². The van der Waals surface area contributed by atoms with Crippen LogP contribution in [0.15, 0.2) is 59.5 Å². The maximum absolute atomic E-state index is 12.5. The van der Waals surface area contributed by atoms with E-state index < -0.39 is 0 Å². The fraction of sp³-hybridized carbons (Fsp3) is 0.263. The fourth-order valence-corrected chi connectivity index (χ4v) is 4.04. The molecule has 0 saturated carbocycles. The summed E-state index contributed by atoms with van der Waals surface area (Å²) in [5.41, 5.74) is 1.07. The van der Waals surface area contributed by atoms with Gasteiger partial charge in [0.2, 0.25) is 5.91 Å². The van der Waals surface area contributed by atoms with Gasteiger partial charge in [-0.25, -0.2) is 0 Å². The van der Waals surface area contributed by atoms with Gasteiger partial charge < -0.3 is 4.74 Å². The van der Waals surface area contributed by atoms with Gasteiger partial charge in [0.15, 0.2) is 0 Å². The first kappa shape index (κ1) is 17.9. The second kappa shape index (κ2) is 8.45. The Balaban J connectivity index is 1.54. The van der Waals surface area contributed by atoms with E-state index in [1.165, 1.54) is 9.80 Å². The van der Waals surface area contributed by atoms with Gasteiger partial charge in [-0.3, -0.25) is 14.5 Å². The maximum atomic E-state index is 12.5. The lowest BCUT2D eigenvalue weighted by Crippen LogP contribution is -2.35. The predicted molar refractivity (Wildman–Crippen MR) is 102 cm³/mol. The number of rotatable bonds is 7. The summed E-state index contributed by atoms with van der Waals surface area (Å²) in [5, 5.41) is -0.531. The van der Waals surface area contributed by atoms with Crippen molar-refractivity contribution in [1.82, 2.24) is 4.90 Å². The summed E-state index contributed by atoms with van der Waals surface area (Å²) in [6, 6.07) is 17.5. The van der Waals surface area contributed by atoms with Crippen LogP contribution in [-0.2, 0) is 11.2 Å². The summed E-state index contributed by atoms with van der Waals surface area (Å²) < 4.78 is 5.59. The number of imide groups is 1. The molecule has 6 heteroatoms. The molecule has 1 aliphatic heterocycles. The molecule has 1 fully saturated rings. The second-order valence-electron chi connectivity index (χ2n) is 5.58. The summed E-state index contributed by atoms with van der Waals surface area (Å²) in [4.78, 5) is 27.1. The molecule has 1 heterocycles. The molecule has 4 nitrogen and oxygen atoms in total. The zero-order chi connectivity index (χ0) is 17.6. The number of carbonyl (C=O) groups excluding carboxylic acids is 2. The Morgan fingerprint density at radius 1 is 1.08 bits per heavy atom. The molecule has 0 aliphatic carbocycles. The van der Waals surface area contributed by atoms with E-state index in [1.807, 2.05) is 60.9 Å². The van der Waals surface area contributed by atoms with Crippen LogP contribution in [-0.4, -0.2) is 40.7 Å². The smallest absolute Gasteiger partial charge is 0.289 e. The van der Waals surface area contributed by atoms with E-state index in [0.29, 0.717) is 13.0 Å². The summed E-state index contributed by atoms with van der Waals surface area (Å²) in [5.74, 6) is 0.611. The molecule has 0 N–H and O–H groups in total. The number of nitrogens with zero attached hydrogens (tertiary/aromatic N) is 1. The Labute approximate surface area is 155 Å². The van der Waals surface area contributed by atoms with Crippen molar-refractivity contribution in [2.75, 3.05) is 19.4 Å². The van der Waals surface area contributed by atoms with Crippen molar-refractivity contribution in [3.63, 3.8) is 0 Å². The average Bonchev–Trinajstić information content (AvgIpc) is 2.90. The molecule has 0 radical (unpaired) electrons. The zero-order valence-electron chi connectivity index (χ0n) is 13.9. The number of para-hydroxylation sites is 1. The average molecular weight is 373 g/mol. The van der Waals surface area contributed by atoms with Crippen LogP contribution >= 0.6 is 23.5 Å². The number of ether oxygens (including phenoxy) is 1. The molecule has 130 valence electrons. The van der Waals surface area contributed by atoms with Crippen LogP contribution < -0.4 is 4.74 Å². The van der Waals surface area contributed by atoms with Gasteiger partial charge in [0.05, 0.1) is 11.8 Å². The van der Waals surface area contributed by atoms with Crippen molar-refractivity contribution in [2.24, 2.45) is 0 Å². The van der Waals surface area contributed by atoms with Gasteiger partial charge in [0.25, 0.3) is 5.24 Å². The van der Waals surface area contributed by atoms with Gasteiger partial charge in [-0.05, 0) is 42.5 Å². The van der Waals surface area contributed by atoms with E-state index in [0.717, 1.165) is 23.1 Å². The molecular weight excluding hydrogens is 354 g/mol. The van der Waals surface area contributed by atoms with E-state index in [4.69, 9.17) is 4.74 Å². The highest BCUT2D eigenvalue weighted by atomic mass is 32.2. The summed E-state index contributed by atoms with van der Waals surface area (Å²) >= 11 is 2.79. The Morgan fingerprint density at radius 3 is 2.48 bits per heavy atom. The topological polar surface area (TPSA) is 46.6 Å². The normalized spacial score (nSPS) is 17.2. The molecule has 1 saturated heterocycles. The lowest BCUT2D eigenvalue weighted by atomic mass is 10.1. The van der Waals surface area contributed by atoms with Crippen LogP contribution in [0.3, 0.4) is 0 Å². The number of benzene rings is 2. The van der Waals surface area contributed by atoms with Crippen molar-refractivity contribution < 1.29 is 14.3 Å². The molecule has 3 rings (SSSR count). The first-order chi connectivity index (χ1) is 12.2. The Hall–Kier alpha value is -1.92. The van der Waals surface area contributed by atoms with Crippen molar-refractivity contribution >= 4 is 34.7 Å². The Morgan fingerprint density at radius 2 is 1.80 bits per heavy atom. The predicted octanol–water partition coefficient (Wildman–Crippen LogP) is 4.09. The van der Waals surface area contributed by atoms with Crippen molar-refractivity contribution in [3.05, 3.63) is 60.2 Å². The van der Waals surface area contributed by atoms with E-state index in [2.05, 4.69) is 0 Å². The van der Waals surface area contributed by atoms with Crippen LogP contribution in [0.25, 0.3) is 0 Å². The third-order valence-corrected chi connectivity index (χ3v) is 5.73. The van der Waals surface area contributed by atoms with Gasteiger partial charge in [0, 0.05) is 4.90 Å².